The third kappa shape index (κ3) is 4.88. The largest absolute Gasteiger partial charge is 0.452 e. The van der Waals surface area contributed by atoms with E-state index in [0.29, 0.717) is 12.1 Å². The highest BCUT2D eigenvalue weighted by molar-refractivity contribution is 6.04. The van der Waals surface area contributed by atoms with Crippen molar-refractivity contribution < 1.29 is 19.2 Å². The van der Waals surface area contributed by atoms with Crippen LogP contribution in [0.15, 0.2) is 72.8 Å². The highest BCUT2D eigenvalue weighted by atomic mass is 16.6. The number of rotatable bonds is 7. The zero-order valence-corrected chi connectivity index (χ0v) is 16.4. The van der Waals surface area contributed by atoms with Gasteiger partial charge in [0.1, 0.15) is 0 Å². The number of ether oxygens (including phenoxy) is 1. The molecule has 0 atom stereocenters. The predicted molar refractivity (Wildman–Crippen MR) is 115 cm³/mol. The fraction of sp³-hybridized carbons (Fsp3) is 0.130. The summed E-state index contributed by atoms with van der Waals surface area (Å²) in [5, 5.41) is 12.8. The molecule has 0 saturated heterocycles. The Morgan fingerprint density at radius 1 is 1.07 bits per heavy atom. The van der Waals surface area contributed by atoms with E-state index in [4.69, 9.17) is 4.74 Å². The van der Waals surface area contributed by atoms with Crippen molar-refractivity contribution in [2.75, 3.05) is 18.1 Å². The number of amides is 1. The van der Waals surface area contributed by atoms with Crippen molar-refractivity contribution in [1.29, 1.82) is 0 Å². The van der Waals surface area contributed by atoms with Crippen LogP contribution in [0.2, 0.25) is 0 Å². The van der Waals surface area contributed by atoms with E-state index in [2.05, 4.69) is 0 Å². The molecule has 0 aliphatic heterocycles. The molecule has 0 N–H and O–H groups in total. The molecule has 0 unspecified atom stereocenters. The number of nitro groups is 1. The smallest absolute Gasteiger partial charge is 0.331 e. The molecule has 1 amide bonds. The molecule has 0 heterocycles. The maximum atomic E-state index is 12.7. The molecule has 0 aliphatic rings. The van der Waals surface area contributed by atoms with Gasteiger partial charge in [-0.05, 0) is 30.0 Å². The van der Waals surface area contributed by atoms with E-state index >= 15 is 0 Å². The Morgan fingerprint density at radius 2 is 1.80 bits per heavy atom. The first-order chi connectivity index (χ1) is 14.5. The Hall–Kier alpha value is -4.00. The van der Waals surface area contributed by atoms with Gasteiger partial charge in [-0.15, -0.1) is 0 Å². The second kappa shape index (κ2) is 9.47. The number of nitrogens with zero attached hydrogens (tertiary/aromatic N) is 2. The fourth-order valence-electron chi connectivity index (χ4n) is 3.09. The van der Waals surface area contributed by atoms with Crippen molar-refractivity contribution in [2.45, 2.75) is 6.92 Å². The second-order valence-corrected chi connectivity index (χ2v) is 6.43. The van der Waals surface area contributed by atoms with Crippen molar-refractivity contribution in [1.82, 2.24) is 0 Å². The van der Waals surface area contributed by atoms with Gasteiger partial charge in [-0.3, -0.25) is 14.9 Å². The zero-order valence-electron chi connectivity index (χ0n) is 16.4. The molecular formula is C23H20N2O5. The molecule has 7 nitrogen and oxygen atoms in total. The first-order valence-electron chi connectivity index (χ1n) is 9.37. The summed E-state index contributed by atoms with van der Waals surface area (Å²) in [6.45, 7) is 1.87. The first kappa shape index (κ1) is 20.7. The van der Waals surface area contributed by atoms with Crippen molar-refractivity contribution in [3.63, 3.8) is 0 Å². The lowest BCUT2D eigenvalue weighted by molar-refractivity contribution is -0.384. The Bertz CT molecular complexity index is 1120. The summed E-state index contributed by atoms with van der Waals surface area (Å²) in [7, 11) is 0. The highest BCUT2D eigenvalue weighted by Crippen LogP contribution is 2.26. The van der Waals surface area contributed by atoms with E-state index in [0.717, 1.165) is 22.5 Å². The average molecular weight is 404 g/mol. The van der Waals surface area contributed by atoms with E-state index in [1.165, 1.54) is 24.3 Å². The van der Waals surface area contributed by atoms with E-state index in [9.17, 15) is 19.7 Å². The maximum Gasteiger partial charge on any atom is 0.331 e. The lowest BCUT2D eigenvalue weighted by atomic mass is 10.1. The number of nitro benzene ring substituents is 1. The average Bonchev–Trinajstić information content (AvgIpc) is 2.77. The van der Waals surface area contributed by atoms with Gasteiger partial charge in [0.15, 0.2) is 6.61 Å². The number of carbonyl (C=O) groups excluding carboxylic acids is 2. The molecule has 0 fully saturated rings. The molecule has 7 heteroatoms. The van der Waals surface area contributed by atoms with Gasteiger partial charge in [-0.25, -0.2) is 4.79 Å². The van der Waals surface area contributed by atoms with Gasteiger partial charge in [0.25, 0.3) is 11.6 Å². The Morgan fingerprint density at radius 3 is 2.57 bits per heavy atom. The molecule has 30 heavy (non-hydrogen) atoms. The van der Waals surface area contributed by atoms with Gasteiger partial charge >= 0.3 is 5.97 Å². The number of esters is 1. The van der Waals surface area contributed by atoms with Crippen LogP contribution in [0.3, 0.4) is 0 Å². The summed E-state index contributed by atoms with van der Waals surface area (Å²) < 4.78 is 5.07. The Labute approximate surface area is 173 Å². The molecule has 0 aliphatic carbocycles. The summed E-state index contributed by atoms with van der Waals surface area (Å²) in [4.78, 5) is 36.5. The van der Waals surface area contributed by atoms with Crippen LogP contribution < -0.4 is 4.90 Å². The number of benzene rings is 3. The highest BCUT2D eigenvalue weighted by Gasteiger charge is 2.17. The van der Waals surface area contributed by atoms with Gasteiger partial charge in [-0.2, -0.15) is 0 Å². The minimum Gasteiger partial charge on any atom is -0.452 e. The maximum absolute atomic E-state index is 12.7. The van der Waals surface area contributed by atoms with Crippen LogP contribution in [-0.4, -0.2) is 30.0 Å². The molecule has 152 valence electrons. The lowest BCUT2D eigenvalue weighted by Crippen LogP contribution is -2.34. The van der Waals surface area contributed by atoms with Crippen molar-refractivity contribution >= 4 is 40.1 Å². The van der Waals surface area contributed by atoms with Gasteiger partial charge in [0, 0.05) is 30.1 Å². The molecule has 0 radical (unpaired) electrons. The summed E-state index contributed by atoms with van der Waals surface area (Å²) >= 11 is 0. The van der Waals surface area contributed by atoms with Gasteiger partial charge in [0.2, 0.25) is 0 Å². The van der Waals surface area contributed by atoms with Crippen LogP contribution in [0.4, 0.5) is 11.4 Å². The van der Waals surface area contributed by atoms with Crippen molar-refractivity contribution in [3.8, 4) is 0 Å². The number of hydrogen-bond donors (Lipinski definition) is 0. The van der Waals surface area contributed by atoms with Gasteiger partial charge in [0.05, 0.1) is 10.6 Å². The van der Waals surface area contributed by atoms with Crippen LogP contribution in [0.25, 0.3) is 16.8 Å². The van der Waals surface area contributed by atoms with Crippen LogP contribution >= 0.6 is 0 Å². The quantitative estimate of drug-likeness (QED) is 0.253. The molecular weight excluding hydrogens is 384 g/mol. The number of carbonyl (C=O) groups is 2. The third-order valence-electron chi connectivity index (χ3n) is 4.51. The minimum atomic E-state index is -0.705. The summed E-state index contributed by atoms with van der Waals surface area (Å²) in [5.74, 6) is -1.05. The molecule has 0 bridgehead atoms. The predicted octanol–water partition coefficient (Wildman–Crippen LogP) is 4.36. The SMILES string of the molecule is CCN(C(=O)COC(=O)/C=C/c1cccc([N+](=O)[O-])c1)c1cccc2ccccc12. The van der Waals surface area contributed by atoms with Crippen LogP contribution in [0.1, 0.15) is 12.5 Å². The fourth-order valence-corrected chi connectivity index (χ4v) is 3.09. The second-order valence-electron chi connectivity index (χ2n) is 6.43. The van der Waals surface area contributed by atoms with Crippen LogP contribution in [0.5, 0.6) is 0 Å². The van der Waals surface area contributed by atoms with Gasteiger partial charge < -0.3 is 9.64 Å². The van der Waals surface area contributed by atoms with E-state index in [1.54, 1.807) is 11.0 Å². The van der Waals surface area contributed by atoms with Crippen molar-refractivity contribution in [2.24, 2.45) is 0 Å². The number of non-ortho nitro benzene ring substituents is 1. The van der Waals surface area contributed by atoms with E-state index < -0.39 is 17.5 Å². The normalized spacial score (nSPS) is 10.8. The number of anilines is 1. The molecule has 0 aromatic heterocycles. The molecule has 0 saturated carbocycles. The number of hydrogen-bond acceptors (Lipinski definition) is 5. The van der Waals surface area contributed by atoms with Crippen LogP contribution in [0, 0.1) is 10.1 Å². The third-order valence-corrected chi connectivity index (χ3v) is 4.51. The van der Waals surface area contributed by atoms with E-state index in [-0.39, 0.29) is 11.6 Å². The number of fused-ring (bicyclic) bond motifs is 1. The van der Waals surface area contributed by atoms with Crippen LogP contribution in [-0.2, 0) is 14.3 Å². The molecule has 3 aromatic rings. The number of likely N-dealkylation sites (N-methyl/N-ethyl adjacent to an activating group) is 1. The van der Waals surface area contributed by atoms with Crippen molar-refractivity contribution in [3.05, 3.63) is 88.5 Å². The van der Waals surface area contributed by atoms with Gasteiger partial charge in [-0.1, -0.05) is 48.5 Å². The topological polar surface area (TPSA) is 89.8 Å². The molecule has 3 aromatic carbocycles. The monoisotopic (exact) mass is 404 g/mol. The Kier molecular flexibility index (Phi) is 6.54. The summed E-state index contributed by atoms with van der Waals surface area (Å²) in [5.41, 5.74) is 1.16. The Balaban J connectivity index is 1.65. The summed E-state index contributed by atoms with van der Waals surface area (Å²) in [6, 6.07) is 19.3. The zero-order chi connectivity index (χ0) is 21.5. The summed E-state index contributed by atoms with van der Waals surface area (Å²) in [6.07, 6.45) is 2.54. The minimum absolute atomic E-state index is 0.0747. The first-order valence-corrected chi connectivity index (χ1v) is 9.37. The molecule has 3 rings (SSSR count). The lowest BCUT2D eigenvalue weighted by Gasteiger charge is -2.22. The standard InChI is InChI=1S/C23H20N2O5/c1-2-24(21-12-6-9-18-8-3-4-11-20(18)21)22(26)16-30-23(27)14-13-17-7-5-10-19(15-17)25(28)29/h3-15H,2,16H2,1H3/b14-13+. The molecule has 0 spiro atoms. The van der Waals surface area contributed by atoms with E-state index in [1.807, 2.05) is 49.4 Å².